The van der Waals surface area contributed by atoms with Gasteiger partial charge in [-0.05, 0) is 19.1 Å². The number of nitrogens with one attached hydrogen (secondary N) is 1. The molecule has 1 atom stereocenters. The number of nitrogens with zero attached hydrogens (tertiary/aromatic N) is 2. The predicted molar refractivity (Wildman–Crippen MR) is 62.9 cm³/mol. The van der Waals surface area contributed by atoms with E-state index in [9.17, 15) is 0 Å². The van der Waals surface area contributed by atoms with Gasteiger partial charge in [0, 0.05) is 37.4 Å². The van der Waals surface area contributed by atoms with E-state index in [1.165, 1.54) is 5.39 Å². The molecule has 2 rings (SSSR count). The van der Waals surface area contributed by atoms with E-state index in [1.807, 2.05) is 32.4 Å². The van der Waals surface area contributed by atoms with Crippen LogP contribution in [0.1, 0.15) is 6.92 Å². The highest BCUT2D eigenvalue weighted by Gasteiger charge is 2.07. The van der Waals surface area contributed by atoms with Gasteiger partial charge in [-0.1, -0.05) is 0 Å². The molecule has 0 amide bonds. The maximum absolute atomic E-state index is 5.58. The summed E-state index contributed by atoms with van der Waals surface area (Å²) in [5.41, 5.74) is 6.70. The number of pyridine rings is 1. The van der Waals surface area contributed by atoms with Crippen molar-refractivity contribution in [1.82, 2.24) is 9.55 Å². The molecular formula is C11H16N4. The molecule has 0 aliphatic carbocycles. The van der Waals surface area contributed by atoms with Crippen molar-refractivity contribution in [3.05, 3.63) is 24.5 Å². The first-order valence-electron chi connectivity index (χ1n) is 5.09. The van der Waals surface area contributed by atoms with Gasteiger partial charge in [-0.25, -0.2) is 4.98 Å². The molecular weight excluding hydrogens is 188 g/mol. The highest BCUT2D eigenvalue weighted by atomic mass is 15.1. The number of hydrogen-bond acceptors (Lipinski definition) is 3. The summed E-state index contributed by atoms with van der Waals surface area (Å²) in [6, 6.07) is 4.32. The van der Waals surface area contributed by atoms with Crippen LogP contribution in [0.15, 0.2) is 24.5 Å². The monoisotopic (exact) mass is 204 g/mol. The van der Waals surface area contributed by atoms with Crippen LogP contribution in [-0.2, 0) is 7.05 Å². The molecule has 0 aromatic carbocycles. The van der Waals surface area contributed by atoms with Gasteiger partial charge < -0.3 is 15.6 Å². The first kappa shape index (κ1) is 9.98. The summed E-state index contributed by atoms with van der Waals surface area (Å²) in [5, 5.41) is 4.50. The van der Waals surface area contributed by atoms with Gasteiger partial charge in [0.1, 0.15) is 0 Å². The fraction of sp³-hybridized carbons (Fsp3) is 0.364. The van der Waals surface area contributed by atoms with Crippen LogP contribution >= 0.6 is 0 Å². The minimum absolute atomic E-state index is 0.234. The summed E-state index contributed by atoms with van der Waals surface area (Å²) >= 11 is 0. The molecule has 1 unspecified atom stereocenters. The highest BCUT2D eigenvalue weighted by molar-refractivity contribution is 5.89. The lowest BCUT2D eigenvalue weighted by Crippen LogP contribution is -2.25. The van der Waals surface area contributed by atoms with Gasteiger partial charge in [0.15, 0.2) is 5.82 Å². The molecule has 2 heterocycles. The Morgan fingerprint density at radius 3 is 3.07 bits per heavy atom. The number of aryl methyl sites for hydroxylation is 1. The highest BCUT2D eigenvalue weighted by Crippen LogP contribution is 2.21. The third-order valence-corrected chi connectivity index (χ3v) is 2.52. The van der Waals surface area contributed by atoms with E-state index in [4.69, 9.17) is 5.73 Å². The van der Waals surface area contributed by atoms with Crippen molar-refractivity contribution >= 4 is 16.7 Å². The molecule has 4 nitrogen and oxygen atoms in total. The van der Waals surface area contributed by atoms with Crippen molar-refractivity contribution in [1.29, 1.82) is 0 Å². The molecule has 0 fully saturated rings. The van der Waals surface area contributed by atoms with Gasteiger partial charge in [-0.3, -0.25) is 0 Å². The van der Waals surface area contributed by atoms with Crippen molar-refractivity contribution < 1.29 is 0 Å². The molecule has 2 aromatic heterocycles. The first-order chi connectivity index (χ1) is 7.22. The van der Waals surface area contributed by atoms with Crippen LogP contribution in [0.5, 0.6) is 0 Å². The third-order valence-electron chi connectivity index (χ3n) is 2.52. The molecule has 15 heavy (non-hydrogen) atoms. The van der Waals surface area contributed by atoms with E-state index in [2.05, 4.69) is 20.9 Å². The van der Waals surface area contributed by atoms with Gasteiger partial charge in [0.05, 0.1) is 5.52 Å². The van der Waals surface area contributed by atoms with E-state index >= 15 is 0 Å². The largest absolute Gasteiger partial charge is 0.365 e. The zero-order chi connectivity index (χ0) is 10.8. The predicted octanol–water partition coefficient (Wildman–Crippen LogP) is 1.33. The lowest BCUT2D eigenvalue weighted by atomic mass is 10.3. The molecule has 4 heteroatoms. The van der Waals surface area contributed by atoms with E-state index in [1.54, 1.807) is 0 Å². The minimum Gasteiger partial charge on any atom is -0.365 e. The second-order valence-corrected chi connectivity index (χ2v) is 3.81. The summed E-state index contributed by atoms with van der Waals surface area (Å²) in [7, 11) is 2.02. The Morgan fingerprint density at radius 1 is 1.53 bits per heavy atom. The van der Waals surface area contributed by atoms with Crippen LogP contribution in [-0.4, -0.2) is 22.1 Å². The number of hydrogen-bond donors (Lipinski definition) is 2. The van der Waals surface area contributed by atoms with Gasteiger partial charge in [-0.2, -0.15) is 0 Å². The summed E-state index contributed by atoms with van der Waals surface area (Å²) in [5.74, 6) is 0.901. The van der Waals surface area contributed by atoms with Crippen molar-refractivity contribution in [3.8, 4) is 0 Å². The lowest BCUT2D eigenvalue weighted by Gasteiger charge is -2.13. The Balaban J connectivity index is 2.45. The zero-order valence-corrected chi connectivity index (χ0v) is 9.07. The summed E-state index contributed by atoms with van der Waals surface area (Å²) < 4.78 is 2.06. The van der Waals surface area contributed by atoms with E-state index in [-0.39, 0.29) is 6.04 Å². The van der Waals surface area contributed by atoms with Crippen LogP contribution in [0.25, 0.3) is 10.9 Å². The summed E-state index contributed by atoms with van der Waals surface area (Å²) in [4.78, 5) is 4.34. The topological polar surface area (TPSA) is 55.9 Å². The van der Waals surface area contributed by atoms with Gasteiger partial charge in [0.2, 0.25) is 0 Å². The maximum Gasteiger partial charge on any atom is 0.150 e. The maximum atomic E-state index is 5.58. The first-order valence-corrected chi connectivity index (χ1v) is 5.09. The number of rotatable bonds is 3. The molecule has 0 aliphatic rings. The SMILES string of the molecule is CC(CN)Nc1nccc2ccn(C)c12. The molecule has 0 spiro atoms. The number of anilines is 1. The van der Waals surface area contributed by atoms with E-state index in [0.29, 0.717) is 6.54 Å². The third kappa shape index (κ3) is 1.80. The minimum atomic E-state index is 0.234. The molecule has 3 N–H and O–H groups in total. The van der Waals surface area contributed by atoms with Crippen LogP contribution in [0, 0.1) is 0 Å². The molecule has 2 aromatic rings. The molecule has 0 bridgehead atoms. The average Bonchev–Trinajstić information content (AvgIpc) is 2.61. The van der Waals surface area contributed by atoms with Crippen molar-refractivity contribution in [2.75, 3.05) is 11.9 Å². The number of nitrogens with two attached hydrogens (primary N) is 1. The molecule has 0 radical (unpaired) electrons. The van der Waals surface area contributed by atoms with Crippen LogP contribution in [0.4, 0.5) is 5.82 Å². The van der Waals surface area contributed by atoms with Crippen LogP contribution in [0.3, 0.4) is 0 Å². The van der Waals surface area contributed by atoms with Crippen molar-refractivity contribution in [2.24, 2.45) is 12.8 Å². The molecule has 0 saturated carbocycles. The van der Waals surface area contributed by atoms with Crippen LogP contribution in [0.2, 0.25) is 0 Å². The molecule has 80 valence electrons. The molecule has 0 aliphatic heterocycles. The number of fused-ring (bicyclic) bond motifs is 1. The Labute approximate surface area is 89.1 Å². The van der Waals surface area contributed by atoms with Crippen molar-refractivity contribution in [3.63, 3.8) is 0 Å². The van der Waals surface area contributed by atoms with Crippen molar-refractivity contribution in [2.45, 2.75) is 13.0 Å². The average molecular weight is 204 g/mol. The summed E-state index contributed by atoms with van der Waals surface area (Å²) in [6.07, 6.45) is 3.85. The summed E-state index contributed by atoms with van der Waals surface area (Å²) in [6.45, 7) is 2.64. The van der Waals surface area contributed by atoms with E-state index < -0.39 is 0 Å². The normalized spacial score (nSPS) is 13.0. The van der Waals surface area contributed by atoms with Crippen LogP contribution < -0.4 is 11.1 Å². The second kappa shape index (κ2) is 3.90. The smallest absolute Gasteiger partial charge is 0.150 e. The fourth-order valence-electron chi connectivity index (χ4n) is 1.64. The zero-order valence-electron chi connectivity index (χ0n) is 9.07. The number of aromatic nitrogens is 2. The van der Waals surface area contributed by atoms with Gasteiger partial charge >= 0.3 is 0 Å². The Morgan fingerprint density at radius 2 is 2.33 bits per heavy atom. The Kier molecular flexibility index (Phi) is 2.60. The Hall–Kier alpha value is -1.55. The van der Waals surface area contributed by atoms with E-state index in [0.717, 1.165) is 11.3 Å². The quantitative estimate of drug-likeness (QED) is 0.793. The fourth-order valence-corrected chi connectivity index (χ4v) is 1.64. The Bertz CT molecular complexity index is 461. The standard InChI is InChI=1S/C11H16N4/c1-8(7-12)14-11-10-9(3-5-13-11)4-6-15(10)2/h3-6,8H,7,12H2,1-2H3,(H,13,14). The second-order valence-electron chi connectivity index (χ2n) is 3.81. The van der Waals surface area contributed by atoms with Gasteiger partial charge in [0.25, 0.3) is 0 Å². The molecule has 0 saturated heterocycles. The lowest BCUT2D eigenvalue weighted by molar-refractivity contribution is 0.798. The van der Waals surface area contributed by atoms with Gasteiger partial charge in [-0.15, -0.1) is 0 Å².